The van der Waals surface area contributed by atoms with Crippen LogP contribution in [-0.2, 0) is 20.7 Å². The maximum atomic E-state index is 11.3. The molecule has 0 aliphatic carbocycles. The van der Waals surface area contributed by atoms with Gasteiger partial charge in [0, 0.05) is 7.11 Å². The summed E-state index contributed by atoms with van der Waals surface area (Å²) in [4.78, 5) is 11.3. The largest absolute Gasteiger partial charge is 0.490 e. The Morgan fingerprint density at radius 2 is 2.11 bits per heavy atom. The molecule has 5 heteroatoms. The number of hydrogen-bond donors (Lipinski definition) is 0. The molecule has 4 nitrogen and oxygen atoms in total. The highest BCUT2D eigenvalue weighted by atomic mass is 79.9. The Labute approximate surface area is 115 Å². The van der Waals surface area contributed by atoms with E-state index in [1.807, 2.05) is 18.2 Å². The molecule has 0 fully saturated rings. The quantitative estimate of drug-likeness (QED) is 0.573. The molecule has 0 spiro atoms. The fourth-order valence-corrected chi connectivity index (χ4v) is 1.93. The molecule has 0 aliphatic rings. The summed E-state index contributed by atoms with van der Waals surface area (Å²) < 4.78 is 16.1. The van der Waals surface area contributed by atoms with E-state index >= 15 is 0 Å². The van der Waals surface area contributed by atoms with Crippen LogP contribution in [0.2, 0.25) is 0 Å². The van der Waals surface area contributed by atoms with Gasteiger partial charge in [0.05, 0.1) is 24.1 Å². The number of ether oxygens (including phenoxy) is 3. The third-order valence-electron chi connectivity index (χ3n) is 2.20. The van der Waals surface area contributed by atoms with Gasteiger partial charge in [-0.2, -0.15) is 0 Å². The van der Waals surface area contributed by atoms with E-state index in [1.54, 1.807) is 14.0 Å². The standard InChI is InChI=1S/C13H17BrO4/c1-3-17-13(15)9-10-4-5-12(11(14)8-10)18-7-6-16-2/h4-5,8H,3,6-7,9H2,1-2H3. The van der Waals surface area contributed by atoms with Gasteiger partial charge in [0.1, 0.15) is 12.4 Å². The van der Waals surface area contributed by atoms with E-state index in [0.29, 0.717) is 19.8 Å². The van der Waals surface area contributed by atoms with E-state index in [2.05, 4.69) is 15.9 Å². The van der Waals surface area contributed by atoms with Gasteiger partial charge in [0.15, 0.2) is 0 Å². The fourth-order valence-electron chi connectivity index (χ4n) is 1.39. The van der Waals surface area contributed by atoms with E-state index in [1.165, 1.54) is 0 Å². The summed E-state index contributed by atoms with van der Waals surface area (Å²) in [5.41, 5.74) is 0.888. The SMILES string of the molecule is CCOC(=O)Cc1ccc(OCCOC)c(Br)c1. The van der Waals surface area contributed by atoms with Crippen molar-refractivity contribution in [3.05, 3.63) is 28.2 Å². The molecule has 0 radical (unpaired) electrons. The molecule has 1 aromatic carbocycles. The summed E-state index contributed by atoms with van der Waals surface area (Å²) in [6, 6.07) is 5.54. The molecule has 0 unspecified atom stereocenters. The minimum atomic E-state index is -0.225. The lowest BCUT2D eigenvalue weighted by molar-refractivity contribution is -0.142. The van der Waals surface area contributed by atoms with Gasteiger partial charge in [-0.15, -0.1) is 0 Å². The second-order valence-electron chi connectivity index (χ2n) is 3.59. The van der Waals surface area contributed by atoms with E-state index in [-0.39, 0.29) is 12.4 Å². The second kappa shape index (κ2) is 8.11. The Bertz CT molecular complexity index is 393. The smallest absolute Gasteiger partial charge is 0.310 e. The number of carbonyl (C=O) groups excluding carboxylic acids is 1. The Morgan fingerprint density at radius 1 is 1.33 bits per heavy atom. The molecule has 0 heterocycles. The zero-order valence-electron chi connectivity index (χ0n) is 10.6. The zero-order valence-corrected chi connectivity index (χ0v) is 12.2. The summed E-state index contributed by atoms with van der Waals surface area (Å²) in [6.07, 6.45) is 0.269. The van der Waals surface area contributed by atoms with Crippen LogP contribution in [0.15, 0.2) is 22.7 Å². The number of methoxy groups -OCH3 is 1. The van der Waals surface area contributed by atoms with Crippen LogP contribution in [0.5, 0.6) is 5.75 Å². The van der Waals surface area contributed by atoms with Crippen molar-refractivity contribution in [2.75, 3.05) is 26.9 Å². The van der Waals surface area contributed by atoms with Crippen LogP contribution >= 0.6 is 15.9 Å². The van der Waals surface area contributed by atoms with Crippen LogP contribution in [0, 0.1) is 0 Å². The van der Waals surface area contributed by atoms with Crippen molar-refractivity contribution in [2.24, 2.45) is 0 Å². The molecule has 0 atom stereocenters. The van der Waals surface area contributed by atoms with E-state index in [9.17, 15) is 4.79 Å². The monoisotopic (exact) mass is 316 g/mol. The van der Waals surface area contributed by atoms with Gasteiger partial charge in [0.2, 0.25) is 0 Å². The molecule has 1 aromatic rings. The molecule has 0 amide bonds. The molecular weight excluding hydrogens is 300 g/mol. The van der Waals surface area contributed by atoms with Crippen molar-refractivity contribution in [3.63, 3.8) is 0 Å². The zero-order chi connectivity index (χ0) is 13.4. The summed E-state index contributed by atoms with van der Waals surface area (Å²) in [5, 5.41) is 0. The Morgan fingerprint density at radius 3 is 2.72 bits per heavy atom. The van der Waals surface area contributed by atoms with Gasteiger partial charge in [-0.1, -0.05) is 6.07 Å². The van der Waals surface area contributed by atoms with Gasteiger partial charge >= 0.3 is 5.97 Å². The molecule has 1 rings (SSSR count). The number of hydrogen-bond acceptors (Lipinski definition) is 4. The van der Waals surface area contributed by atoms with Gasteiger partial charge in [-0.25, -0.2) is 0 Å². The first-order valence-electron chi connectivity index (χ1n) is 5.73. The molecule has 100 valence electrons. The predicted octanol–water partition coefficient (Wildman–Crippen LogP) is 2.58. The lowest BCUT2D eigenvalue weighted by Gasteiger charge is -2.09. The average Bonchev–Trinajstić information content (AvgIpc) is 2.32. The number of rotatable bonds is 7. The van der Waals surface area contributed by atoms with Crippen LogP contribution in [0.4, 0.5) is 0 Å². The summed E-state index contributed by atoms with van der Waals surface area (Å²) in [6.45, 7) is 3.22. The molecular formula is C13H17BrO4. The second-order valence-corrected chi connectivity index (χ2v) is 4.44. The minimum Gasteiger partial charge on any atom is -0.490 e. The van der Waals surface area contributed by atoms with Crippen molar-refractivity contribution >= 4 is 21.9 Å². The van der Waals surface area contributed by atoms with Gasteiger partial charge in [0.25, 0.3) is 0 Å². The Balaban J connectivity index is 2.58. The molecule has 0 aliphatic heterocycles. The number of halogens is 1. The van der Waals surface area contributed by atoms with Gasteiger partial charge in [-0.3, -0.25) is 4.79 Å². The average molecular weight is 317 g/mol. The maximum absolute atomic E-state index is 11.3. The third-order valence-corrected chi connectivity index (χ3v) is 2.81. The highest BCUT2D eigenvalue weighted by Gasteiger charge is 2.07. The van der Waals surface area contributed by atoms with E-state index in [4.69, 9.17) is 14.2 Å². The van der Waals surface area contributed by atoms with Crippen LogP contribution in [0.3, 0.4) is 0 Å². The number of carbonyl (C=O) groups is 1. The number of esters is 1. The van der Waals surface area contributed by atoms with Crippen molar-refractivity contribution < 1.29 is 19.0 Å². The first-order valence-corrected chi connectivity index (χ1v) is 6.52. The van der Waals surface area contributed by atoms with Crippen LogP contribution in [-0.4, -0.2) is 32.9 Å². The summed E-state index contributed by atoms with van der Waals surface area (Å²) in [5.74, 6) is 0.511. The Kier molecular flexibility index (Phi) is 6.75. The predicted molar refractivity (Wildman–Crippen MR) is 71.9 cm³/mol. The lowest BCUT2D eigenvalue weighted by atomic mass is 10.1. The minimum absolute atomic E-state index is 0.225. The normalized spacial score (nSPS) is 10.2. The molecule has 18 heavy (non-hydrogen) atoms. The van der Waals surface area contributed by atoms with Crippen molar-refractivity contribution in [3.8, 4) is 5.75 Å². The number of benzene rings is 1. The molecule has 0 saturated heterocycles. The van der Waals surface area contributed by atoms with Gasteiger partial charge in [-0.05, 0) is 40.5 Å². The van der Waals surface area contributed by atoms with E-state index in [0.717, 1.165) is 15.8 Å². The van der Waals surface area contributed by atoms with Crippen molar-refractivity contribution in [2.45, 2.75) is 13.3 Å². The van der Waals surface area contributed by atoms with Crippen LogP contribution in [0.25, 0.3) is 0 Å². The van der Waals surface area contributed by atoms with Crippen molar-refractivity contribution in [1.82, 2.24) is 0 Å². The topological polar surface area (TPSA) is 44.8 Å². The van der Waals surface area contributed by atoms with Crippen LogP contribution < -0.4 is 4.74 Å². The summed E-state index contributed by atoms with van der Waals surface area (Å²) >= 11 is 3.41. The maximum Gasteiger partial charge on any atom is 0.310 e. The molecule has 0 bridgehead atoms. The fraction of sp³-hybridized carbons (Fsp3) is 0.462. The molecule has 0 saturated carbocycles. The highest BCUT2D eigenvalue weighted by Crippen LogP contribution is 2.26. The molecule has 0 aromatic heterocycles. The first-order chi connectivity index (χ1) is 8.67. The lowest BCUT2D eigenvalue weighted by Crippen LogP contribution is -2.08. The van der Waals surface area contributed by atoms with Crippen molar-refractivity contribution in [1.29, 1.82) is 0 Å². The van der Waals surface area contributed by atoms with E-state index < -0.39 is 0 Å². The Hall–Kier alpha value is -1.07. The third kappa shape index (κ3) is 5.06. The summed E-state index contributed by atoms with van der Waals surface area (Å²) in [7, 11) is 1.63. The highest BCUT2D eigenvalue weighted by molar-refractivity contribution is 9.10. The van der Waals surface area contributed by atoms with Crippen LogP contribution in [0.1, 0.15) is 12.5 Å². The molecule has 0 N–H and O–H groups in total. The first kappa shape index (κ1) is 15.0. The van der Waals surface area contributed by atoms with Gasteiger partial charge < -0.3 is 14.2 Å².